The molecule has 30 heavy (non-hydrogen) atoms. The molecule has 0 spiro atoms. The van der Waals surface area contributed by atoms with Crippen LogP contribution in [0.5, 0.6) is 0 Å². The highest BCUT2D eigenvalue weighted by molar-refractivity contribution is 6.11. The van der Waals surface area contributed by atoms with E-state index >= 15 is 0 Å². The fraction of sp³-hybridized carbons (Fsp3) is 0. The number of benzene rings is 3. The fourth-order valence-electron chi connectivity index (χ4n) is 3.55. The minimum Gasteiger partial charge on any atom is -0.439 e. The van der Waals surface area contributed by atoms with E-state index in [2.05, 4.69) is 5.32 Å². The van der Waals surface area contributed by atoms with Gasteiger partial charge < -0.3 is 14.2 Å². The van der Waals surface area contributed by atoms with Crippen LogP contribution in [-0.4, -0.2) is 4.92 Å². The Morgan fingerprint density at radius 2 is 1.53 bits per heavy atom. The Morgan fingerprint density at radius 1 is 0.833 bits per heavy atom. The molecule has 0 atom stereocenters. The van der Waals surface area contributed by atoms with Crippen LogP contribution in [0.4, 0.5) is 17.3 Å². The van der Waals surface area contributed by atoms with Gasteiger partial charge in [0.1, 0.15) is 11.0 Å². The molecular weight excluding hydrogens is 384 g/mol. The van der Waals surface area contributed by atoms with Gasteiger partial charge in [-0.05, 0) is 30.3 Å². The minimum absolute atomic E-state index is 0.135. The molecular formula is C23H14N2O5. The molecule has 2 heterocycles. The van der Waals surface area contributed by atoms with Crippen molar-refractivity contribution in [3.8, 4) is 11.1 Å². The normalized spacial score (nSPS) is 11.1. The van der Waals surface area contributed by atoms with Gasteiger partial charge in [-0.2, -0.15) is 0 Å². The second-order valence-corrected chi connectivity index (χ2v) is 6.66. The largest absolute Gasteiger partial charge is 0.439 e. The summed E-state index contributed by atoms with van der Waals surface area (Å²) in [6.45, 7) is 0. The first-order valence-corrected chi connectivity index (χ1v) is 9.17. The van der Waals surface area contributed by atoms with Gasteiger partial charge in [-0.1, -0.05) is 42.5 Å². The third kappa shape index (κ3) is 2.80. The number of nitro benzene ring substituents is 1. The van der Waals surface area contributed by atoms with Crippen molar-refractivity contribution < 1.29 is 13.8 Å². The zero-order chi connectivity index (χ0) is 20.7. The molecule has 0 saturated carbocycles. The van der Waals surface area contributed by atoms with E-state index in [9.17, 15) is 14.9 Å². The number of nitro groups is 1. The molecule has 0 amide bonds. The van der Waals surface area contributed by atoms with Crippen LogP contribution in [0, 0.1) is 10.1 Å². The molecule has 0 aliphatic heterocycles. The summed E-state index contributed by atoms with van der Waals surface area (Å²) in [5, 5.41) is 15.6. The van der Waals surface area contributed by atoms with E-state index in [0.717, 1.165) is 0 Å². The SMILES string of the molecule is O=c1oc2ccccc2c2oc(Nc3ccccc3)c(-c3ccccc3[N+](=O)[O-])c12. The monoisotopic (exact) mass is 398 g/mol. The zero-order valence-electron chi connectivity index (χ0n) is 15.5. The lowest BCUT2D eigenvalue weighted by Crippen LogP contribution is -2.01. The molecule has 7 nitrogen and oxygen atoms in total. The van der Waals surface area contributed by atoms with E-state index in [1.165, 1.54) is 6.07 Å². The summed E-state index contributed by atoms with van der Waals surface area (Å²) in [5.74, 6) is 0.231. The van der Waals surface area contributed by atoms with E-state index in [0.29, 0.717) is 27.8 Å². The second-order valence-electron chi connectivity index (χ2n) is 6.66. The maximum Gasteiger partial charge on any atom is 0.348 e. The number of hydrogen-bond donors (Lipinski definition) is 1. The second kappa shape index (κ2) is 6.89. The molecule has 2 aromatic heterocycles. The van der Waals surface area contributed by atoms with Crippen LogP contribution < -0.4 is 10.9 Å². The Morgan fingerprint density at radius 3 is 2.33 bits per heavy atom. The van der Waals surface area contributed by atoms with Crippen LogP contribution in [0.1, 0.15) is 0 Å². The van der Waals surface area contributed by atoms with Crippen molar-refractivity contribution in [1.82, 2.24) is 0 Å². The van der Waals surface area contributed by atoms with Crippen LogP contribution in [0.25, 0.3) is 33.1 Å². The van der Waals surface area contributed by atoms with Crippen molar-refractivity contribution >= 4 is 39.2 Å². The van der Waals surface area contributed by atoms with Gasteiger partial charge >= 0.3 is 5.63 Å². The van der Waals surface area contributed by atoms with Crippen LogP contribution in [0.15, 0.2) is 92.5 Å². The number of anilines is 2. The number of para-hydroxylation sites is 3. The summed E-state index contributed by atoms with van der Waals surface area (Å²) in [7, 11) is 0. The lowest BCUT2D eigenvalue weighted by molar-refractivity contribution is -0.384. The van der Waals surface area contributed by atoms with Gasteiger partial charge in [0.2, 0.25) is 5.88 Å². The van der Waals surface area contributed by atoms with Crippen LogP contribution in [-0.2, 0) is 0 Å². The molecule has 1 N–H and O–H groups in total. The minimum atomic E-state index is -0.623. The smallest absolute Gasteiger partial charge is 0.348 e. The van der Waals surface area contributed by atoms with Crippen molar-refractivity contribution in [2.45, 2.75) is 0 Å². The lowest BCUT2D eigenvalue weighted by Gasteiger charge is -2.07. The molecule has 5 aromatic rings. The first-order chi connectivity index (χ1) is 14.6. The quantitative estimate of drug-likeness (QED) is 0.231. The molecule has 0 unspecified atom stereocenters. The van der Waals surface area contributed by atoms with Crippen molar-refractivity contribution in [3.05, 3.63) is 99.4 Å². The first-order valence-electron chi connectivity index (χ1n) is 9.17. The predicted octanol–water partition coefficient (Wildman–Crippen LogP) is 5.86. The molecule has 0 aliphatic rings. The summed E-state index contributed by atoms with van der Waals surface area (Å²) in [4.78, 5) is 24.1. The van der Waals surface area contributed by atoms with Crippen LogP contribution in [0.2, 0.25) is 0 Å². The summed E-state index contributed by atoms with van der Waals surface area (Å²) >= 11 is 0. The molecule has 0 fully saturated rings. The third-order valence-corrected chi connectivity index (χ3v) is 4.85. The van der Waals surface area contributed by atoms with Crippen molar-refractivity contribution in [2.75, 3.05) is 5.32 Å². The number of rotatable bonds is 4. The maximum atomic E-state index is 12.9. The summed E-state index contributed by atoms with van der Waals surface area (Å²) in [5.41, 5.74) is 1.20. The van der Waals surface area contributed by atoms with Crippen molar-refractivity contribution in [3.63, 3.8) is 0 Å². The molecule has 3 aromatic carbocycles. The summed E-state index contributed by atoms with van der Waals surface area (Å²) < 4.78 is 11.6. The van der Waals surface area contributed by atoms with E-state index in [1.807, 2.05) is 30.3 Å². The zero-order valence-corrected chi connectivity index (χ0v) is 15.5. The molecule has 146 valence electrons. The number of nitrogens with one attached hydrogen (secondary N) is 1. The van der Waals surface area contributed by atoms with Crippen LogP contribution in [0.3, 0.4) is 0 Å². The fourth-order valence-corrected chi connectivity index (χ4v) is 3.55. The third-order valence-electron chi connectivity index (χ3n) is 4.85. The average Bonchev–Trinajstić information content (AvgIpc) is 3.14. The van der Waals surface area contributed by atoms with Crippen molar-refractivity contribution in [2.24, 2.45) is 0 Å². The number of fused-ring (bicyclic) bond motifs is 3. The Labute approximate surface area is 169 Å². The van der Waals surface area contributed by atoms with E-state index in [-0.39, 0.29) is 22.5 Å². The summed E-state index contributed by atoms with van der Waals surface area (Å²) in [6.07, 6.45) is 0. The first kappa shape index (κ1) is 17.7. The molecule has 7 heteroatoms. The van der Waals surface area contributed by atoms with Crippen molar-refractivity contribution in [1.29, 1.82) is 0 Å². The molecule has 0 radical (unpaired) electrons. The lowest BCUT2D eigenvalue weighted by atomic mass is 10.0. The number of furan rings is 1. The van der Waals surface area contributed by atoms with Crippen LogP contribution >= 0.6 is 0 Å². The van der Waals surface area contributed by atoms with Gasteiger partial charge in [-0.15, -0.1) is 0 Å². The highest BCUT2D eigenvalue weighted by Crippen LogP contribution is 2.43. The summed E-state index contributed by atoms with van der Waals surface area (Å²) in [6, 6.07) is 22.5. The topological polar surface area (TPSA) is 98.5 Å². The van der Waals surface area contributed by atoms with E-state index in [4.69, 9.17) is 8.83 Å². The Bertz CT molecular complexity index is 1470. The number of nitrogens with zero attached hydrogens (tertiary/aromatic N) is 1. The Hall–Kier alpha value is -4.39. The standard InChI is InChI=1S/C23H14N2O5/c26-23-20-19(15-10-4-6-12-17(15)25(27)28)22(24-14-8-2-1-3-9-14)30-21(20)16-11-5-7-13-18(16)29-23/h1-13,24H. The van der Waals surface area contributed by atoms with E-state index in [1.54, 1.807) is 42.5 Å². The molecule has 5 rings (SSSR count). The van der Waals surface area contributed by atoms with Gasteiger partial charge in [-0.3, -0.25) is 10.1 Å². The predicted molar refractivity (Wildman–Crippen MR) is 114 cm³/mol. The average molecular weight is 398 g/mol. The molecule has 0 bridgehead atoms. The van der Waals surface area contributed by atoms with E-state index < -0.39 is 10.5 Å². The highest BCUT2D eigenvalue weighted by Gasteiger charge is 2.27. The Kier molecular flexibility index (Phi) is 4.07. The maximum absolute atomic E-state index is 12.9. The Balaban J connectivity index is 1.90. The highest BCUT2D eigenvalue weighted by atomic mass is 16.6. The van der Waals surface area contributed by atoms with Gasteiger partial charge in [0.15, 0.2) is 5.58 Å². The van der Waals surface area contributed by atoms with Gasteiger partial charge in [0.25, 0.3) is 5.69 Å². The number of hydrogen-bond acceptors (Lipinski definition) is 6. The van der Waals surface area contributed by atoms with Gasteiger partial charge in [0, 0.05) is 11.8 Å². The van der Waals surface area contributed by atoms with Gasteiger partial charge in [0.05, 0.1) is 21.4 Å². The molecule has 0 saturated heterocycles. The van der Waals surface area contributed by atoms with Gasteiger partial charge in [-0.25, -0.2) is 4.79 Å². The molecule has 0 aliphatic carbocycles.